The van der Waals surface area contributed by atoms with Crippen molar-refractivity contribution in [1.29, 1.82) is 0 Å². The zero-order valence-electron chi connectivity index (χ0n) is 5.30. The van der Waals surface area contributed by atoms with E-state index in [1.165, 1.54) is 0 Å². The molecule has 1 aromatic heterocycles. The van der Waals surface area contributed by atoms with Gasteiger partial charge in [0.1, 0.15) is 0 Å². The Morgan fingerprint density at radius 2 is 2.36 bits per heavy atom. The van der Waals surface area contributed by atoms with Crippen molar-refractivity contribution >= 4 is 12.4 Å². The summed E-state index contributed by atoms with van der Waals surface area (Å²) in [5, 5.41) is 13.3. The van der Waals surface area contributed by atoms with Crippen molar-refractivity contribution in [3.63, 3.8) is 0 Å². The zero-order valence-corrected chi connectivity index (χ0v) is 5.30. The first kappa shape index (κ1) is 9.08. The van der Waals surface area contributed by atoms with Gasteiger partial charge in [0, 0.05) is 0 Å². The van der Waals surface area contributed by atoms with Crippen LogP contribution in [0.1, 0.15) is 10.7 Å². The van der Waals surface area contributed by atoms with Gasteiger partial charge >= 0.3 is 11.8 Å². The van der Waals surface area contributed by atoms with Crippen LogP contribution in [-0.4, -0.2) is 27.7 Å². The van der Waals surface area contributed by atoms with Crippen LogP contribution in [0.3, 0.4) is 0 Å². The summed E-state index contributed by atoms with van der Waals surface area (Å²) in [4.78, 5) is 18.4. The van der Waals surface area contributed by atoms with Crippen LogP contribution < -0.4 is 5.73 Å². The zero-order chi connectivity index (χ0) is 8.69. The van der Waals surface area contributed by atoms with E-state index in [4.69, 9.17) is 15.6 Å². The number of nitrogens with zero attached hydrogens (tertiary/aromatic N) is 2. The third-order valence-corrected chi connectivity index (χ3v) is 0.571. The fraction of sp³-hybridized carbons (Fsp3) is 0. The van der Waals surface area contributed by atoms with Crippen LogP contribution in [0.25, 0.3) is 0 Å². The molecule has 0 saturated carbocycles. The summed E-state index contributed by atoms with van der Waals surface area (Å²) in [6.45, 7) is -0.250. The Balaban J connectivity index is 0.000000292. The van der Waals surface area contributed by atoms with Crippen molar-refractivity contribution in [3.8, 4) is 0 Å². The molecule has 0 atom stereocenters. The number of hydrogen-bond donors (Lipinski definition) is 2. The Kier molecular flexibility index (Phi) is 4.06. The second kappa shape index (κ2) is 4.91. The van der Waals surface area contributed by atoms with E-state index in [1.54, 1.807) is 0 Å². The van der Waals surface area contributed by atoms with Gasteiger partial charge in [-0.1, -0.05) is 0 Å². The van der Waals surface area contributed by atoms with E-state index >= 15 is 0 Å². The fourth-order valence-corrected chi connectivity index (χ4v) is 0.280. The highest BCUT2D eigenvalue weighted by atomic mass is 16.4. The minimum atomic E-state index is -0.706. The Labute approximate surface area is 60.8 Å². The Morgan fingerprint density at radius 1 is 1.82 bits per heavy atom. The van der Waals surface area contributed by atoms with E-state index in [2.05, 4.69) is 14.6 Å². The predicted octanol–water partition coefficient (Wildman–Crippen LogP) is -1.13. The molecule has 0 radical (unpaired) electrons. The number of rotatable bonds is 1. The van der Waals surface area contributed by atoms with Crippen molar-refractivity contribution in [2.75, 3.05) is 0 Å². The van der Waals surface area contributed by atoms with Crippen LogP contribution in [0.15, 0.2) is 10.8 Å². The van der Waals surface area contributed by atoms with Gasteiger partial charge in [0.15, 0.2) is 0 Å². The molecule has 11 heavy (non-hydrogen) atoms. The summed E-state index contributed by atoms with van der Waals surface area (Å²) in [5.74, 6) is -0.868. The number of carbonyl (C=O) groups excluding carboxylic acids is 1. The number of carbonyl (C=O) groups is 2. The summed E-state index contributed by atoms with van der Waals surface area (Å²) >= 11 is 0. The van der Waals surface area contributed by atoms with Crippen LogP contribution in [0.4, 0.5) is 0 Å². The normalized spacial score (nSPS) is 7.64. The first-order valence-electron chi connectivity index (χ1n) is 2.36. The highest BCUT2D eigenvalue weighted by Gasteiger charge is 2.02. The summed E-state index contributed by atoms with van der Waals surface area (Å²) in [7, 11) is 0. The molecule has 1 aromatic rings. The molecule has 7 heteroatoms. The van der Waals surface area contributed by atoms with Gasteiger partial charge in [-0.25, -0.2) is 0 Å². The number of aromatic nitrogens is 2. The number of amides is 1. The fourth-order valence-electron chi connectivity index (χ4n) is 0.280. The van der Waals surface area contributed by atoms with Gasteiger partial charge in [-0.3, -0.25) is 9.59 Å². The Hall–Kier alpha value is -1.92. The Morgan fingerprint density at radius 3 is 2.55 bits per heavy atom. The molecule has 0 spiro atoms. The molecule has 0 aliphatic rings. The van der Waals surface area contributed by atoms with Crippen LogP contribution in [0, 0.1) is 0 Å². The maximum absolute atomic E-state index is 10.1. The summed E-state index contributed by atoms with van der Waals surface area (Å²) in [5.41, 5.74) is 4.72. The molecule has 1 heterocycles. The second-order valence-corrected chi connectivity index (χ2v) is 1.21. The maximum atomic E-state index is 10.1. The molecule has 0 bridgehead atoms. The van der Waals surface area contributed by atoms with Gasteiger partial charge in [-0.15, -0.1) is 10.2 Å². The molecular weight excluding hydrogens is 154 g/mol. The van der Waals surface area contributed by atoms with E-state index in [9.17, 15) is 4.79 Å². The molecule has 3 N–H and O–H groups in total. The predicted molar refractivity (Wildman–Crippen MR) is 31.5 cm³/mol. The minimum absolute atomic E-state index is 0.162. The molecule has 1 amide bonds. The largest absolute Gasteiger partial charge is 0.483 e. The third-order valence-electron chi connectivity index (χ3n) is 0.571. The van der Waals surface area contributed by atoms with Crippen LogP contribution in [0.2, 0.25) is 0 Å². The van der Waals surface area contributed by atoms with Crippen molar-refractivity contribution in [2.45, 2.75) is 0 Å². The lowest BCUT2D eigenvalue weighted by Crippen LogP contribution is -2.10. The van der Waals surface area contributed by atoms with Crippen LogP contribution in [0.5, 0.6) is 0 Å². The molecule has 0 aromatic carbocycles. The minimum Gasteiger partial charge on any atom is -0.483 e. The van der Waals surface area contributed by atoms with Crippen LogP contribution in [-0.2, 0) is 4.79 Å². The lowest BCUT2D eigenvalue weighted by Gasteiger charge is -1.76. The highest BCUT2D eigenvalue weighted by Crippen LogP contribution is 1.85. The quantitative estimate of drug-likeness (QED) is 0.500. The molecule has 0 aliphatic carbocycles. The lowest BCUT2D eigenvalue weighted by atomic mass is 10.6. The smallest absolute Gasteiger partial charge is 0.306 e. The average Bonchev–Trinajstić information content (AvgIpc) is 2.38. The topological polar surface area (TPSA) is 119 Å². The number of carboxylic acid groups (broad SMARTS) is 1. The van der Waals surface area contributed by atoms with Gasteiger partial charge in [-0.05, 0) is 0 Å². The van der Waals surface area contributed by atoms with Gasteiger partial charge in [0.05, 0.1) is 0 Å². The SMILES string of the molecule is NC(=O)c1nnco1.O=CO. The summed E-state index contributed by atoms with van der Waals surface area (Å²) in [6.07, 6.45) is 1.04. The third kappa shape index (κ3) is 3.62. The van der Waals surface area contributed by atoms with Crippen molar-refractivity contribution in [2.24, 2.45) is 5.73 Å². The molecule has 0 fully saturated rings. The van der Waals surface area contributed by atoms with E-state index in [-0.39, 0.29) is 12.4 Å². The lowest BCUT2D eigenvalue weighted by molar-refractivity contribution is -0.122. The monoisotopic (exact) mass is 159 g/mol. The van der Waals surface area contributed by atoms with E-state index < -0.39 is 5.91 Å². The summed E-state index contributed by atoms with van der Waals surface area (Å²) < 4.78 is 4.40. The van der Waals surface area contributed by atoms with Crippen molar-refractivity contribution in [1.82, 2.24) is 10.2 Å². The molecule has 0 unspecified atom stereocenters. The van der Waals surface area contributed by atoms with Gasteiger partial charge in [0.2, 0.25) is 6.39 Å². The van der Waals surface area contributed by atoms with Crippen LogP contribution >= 0.6 is 0 Å². The molecular formula is C4H5N3O4. The first-order valence-corrected chi connectivity index (χ1v) is 2.36. The standard InChI is InChI=1S/C3H3N3O2.CH2O2/c4-2(7)3-6-5-1-8-3;2-1-3/h1H,(H2,4,7);1H,(H,2,3). The Bertz CT molecular complexity index is 219. The molecule has 0 saturated heterocycles. The average molecular weight is 159 g/mol. The van der Waals surface area contributed by atoms with Gasteiger partial charge < -0.3 is 15.3 Å². The second-order valence-electron chi connectivity index (χ2n) is 1.21. The van der Waals surface area contributed by atoms with E-state index in [0.29, 0.717) is 0 Å². The number of hydrogen-bond acceptors (Lipinski definition) is 5. The molecule has 60 valence electrons. The van der Waals surface area contributed by atoms with Gasteiger partial charge in [0.25, 0.3) is 6.47 Å². The summed E-state index contributed by atoms with van der Waals surface area (Å²) in [6, 6.07) is 0. The van der Waals surface area contributed by atoms with Gasteiger partial charge in [-0.2, -0.15) is 0 Å². The highest BCUT2D eigenvalue weighted by molar-refractivity contribution is 5.87. The van der Waals surface area contributed by atoms with E-state index in [1.807, 2.05) is 0 Å². The number of primary amides is 1. The maximum Gasteiger partial charge on any atom is 0.306 e. The molecule has 0 aliphatic heterocycles. The molecule has 7 nitrogen and oxygen atoms in total. The first-order chi connectivity index (χ1) is 5.22. The van der Waals surface area contributed by atoms with E-state index in [0.717, 1.165) is 6.39 Å². The number of nitrogens with two attached hydrogens (primary N) is 1. The molecule has 1 rings (SSSR count). The van der Waals surface area contributed by atoms with Crippen molar-refractivity contribution in [3.05, 3.63) is 12.3 Å². The van der Waals surface area contributed by atoms with Crippen molar-refractivity contribution < 1.29 is 19.1 Å².